The van der Waals surface area contributed by atoms with Crippen LogP contribution in [-0.2, 0) is 11.3 Å². The van der Waals surface area contributed by atoms with Crippen molar-refractivity contribution in [3.05, 3.63) is 56.8 Å². The highest BCUT2D eigenvalue weighted by Gasteiger charge is 2.12. The fraction of sp³-hybridized carbons (Fsp3) is 0.133. The molecule has 8 heteroatoms. The molecule has 23 heavy (non-hydrogen) atoms. The maximum absolute atomic E-state index is 11.9. The van der Waals surface area contributed by atoms with Crippen LogP contribution < -0.4 is 11.1 Å². The summed E-state index contributed by atoms with van der Waals surface area (Å²) in [6.45, 7) is 0.163. The van der Waals surface area contributed by atoms with Gasteiger partial charge in [0.1, 0.15) is 0 Å². The first kappa shape index (κ1) is 15.7. The average Bonchev–Trinajstić information content (AvgIpc) is 3.17. The normalized spacial score (nSPS) is 10.7. The van der Waals surface area contributed by atoms with Crippen molar-refractivity contribution in [1.82, 2.24) is 9.78 Å². The van der Waals surface area contributed by atoms with Gasteiger partial charge in [-0.2, -0.15) is 4.68 Å². The fourth-order valence-electron chi connectivity index (χ4n) is 1.91. The van der Waals surface area contributed by atoms with Gasteiger partial charge in [-0.25, -0.2) is 4.79 Å². The molecule has 0 aliphatic carbocycles. The van der Waals surface area contributed by atoms with E-state index in [2.05, 4.69) is 26.3 Å². The van der Waals surface area contributed by atoms with Crippen LogP contribution in [0.25, 0.3) is 10.8 Å². The molecular formula is C15H12BrN3O3S. The minimum absolute atomic E-state index is 0.131. The molecule has 1 N–H and O–H groups in total. The summed E-state index contributed by atoms with van der Waals surface area (Å²) in [5, 5.41) is 8.74. The van der Waals surface area contributed by atoms with Crippen LogP contribution in [0.15, 0.2) is 55.5 Å². The van der Waals surface area contributed by atoms with E-state index < -0.39 is 5.76 Å². The molecule has 2 aromatic heterocycles. The Morgan fingerprint density at radius 1 is 1.30 bits per heavy atom. The van der Waals surface area contributed by atoms with Crippen LogP contribution in [0.3, 0.4) is 0 Å². The van der Waals surface area contributed by atoms with E-state index >= 15 is 0 Å². The van der Waals surface area contributed by atoms with E-state index in [1.807, 2.05) is 29.6 Å². The molecule has 2 heterocycles. The summed E-state index contributed by atoms with van der Waals surface area (Å²) in [4.78, 5) is 24.4. The van der Waals surface area contributed by atoms with Crippen molar-refractivity contribution in [2.75, 3.05) is 5.32 Å². The quantitative estimate of drug-likeness (QED) is 0.720. The molecule has 0 unspecified atom stereocenters. The maximum atomic E-state index is 11.9. The van der Waals surface area contributed by atoms with Gasteiger partial charge in [-0.1, -0.05) is 22.0 Å². The van der Waals surface area contributed by atoms with Gasteiger partial charge in [0, 0.05) is 16.6 Å². The van der Waals surface area contributed by atoms with Gasteiger partial charge in [0.05, 0.1) is 11.4 Å². The van der Waals surface area contributed by atoms with Gasteiger partial charge in [0.25, 0.3) is 5.89 Å². The lowest BCUT2D eigenvalue weighted by molar-refractivity contribution is -0.116. The summed E-state index contributed by atoms with van der Waals surface area (Å²) in [7, 11) is 0. The van der Waals surface area contributed by atoms with Crippen LogP contribution in [0.4, 0.5) is 5.69 Å². The Labute approximate surface area is 143 Å². The lowest BCUT2D eigenvalue weighted by Crippen LogP contribution is -2.20. The number of rotatable bonds is 5. The molecule has 0 aliphatic heterocycles. The third-order valence-electron chi connectivity index (χ3n) is 3.02. The lowest BCUT2D eigenvalue weighted by Gasteiger charge is -2.04. The van der Waals surface area contributed by atoms with Crippen molar-refractivity contribution in [2.24, 2.45) is 0 Å². The second-order valence-electron chi connectivity index (χ2n) is 4.68. The highest BCUT2D eigenvalue weighted by atomic mass is 79.9. The fourth-order valence-corrected chi connectivity index (χ4v) is 2.82. The van der Waals surface area contributed by atoms with E-state index in [-0.39, 0.29) is 24.8 Å². The van der Waals surface area contributed by atoms with Gasteiger partial charge < -0.3 is 9.73 Å². The van der Waals surface area contributed by atoms with E-state index in [9.17, 15) is 9.59 Å². The smallest absolute Gasteiger partial charge is 0.387 e. The number of hydrogen-bond acceptors (Lipinski definition) is 5. The number of carbonyl (C=O) groups is 1. The molecule has 0 bridgehead atoms. The summed E-state index contributed by atoms with van der Waals surface area (Å²) < 4.78 is 7.19. The van der Waals surface area contributed by atoms with Crippen LogP contribution in [0.2, 0.25) is 0 Å². The Morgan fingerprint density at radius 3 is 2.78 bits per heavy atom. The van der Waals surface area contributed by atoms with E-state index in [4.69, 9.17) is 4.42 Å². The molecule has 0 spiro atoms. The van der Waals surface area contributed by atoms with Crippen LogP contribution in [0.5, 0.6) is 0 Å². The Bertz CT molecular complexity index is 853. The SMILES string of the molecule is O=C(CCn1nc(-c2cccs2)oc1=O)Nc1ccc(Br)cc1. The first-order valence-corrected chi connectivity index (χ1v) is 8.46. The van der Waals surface area contributed by atoms with Gasteiger partial charge in [-0.05, 0) is 35.7 Å². The molecule has 0 fully saturated rings. The zero-order valence-corrected chi connectivity index (χ0v) is 14.3. The van der Waals surface area contributed by atoms with Crippen LogP contribution in [-0.4, -0.2) is 15.7 Å². The summed E-state index contributed by atoms with van der Waals surface area (Å²) >= 11 is 4.76. The number of aryl methyl sites for hydroxylation is 1. The van der Waals surface area contributed by atoms with Gasteiger partial charge in [0.2, 0.25) is 5.91 Å². The van der Waals surface area contributed by atoms with E-state index in [1.54, 1.807) is 12.1 Å². The number of halogens is 1. The summed E-state index contributed by atoms with van der Waals surface area (Å²) in [5.41, 5.74) is 0.699. The molecule has 1 aromatic carbocycles. The number of benzene rings is 1. The molecule has 3 aromatic rings. The maximum Gasteiger partial charge on any atom is 0.437 e. The Hall–Kier alpha value is -2.19. The molecule has 0 atom stereocenters. The van der Waals surface area contributed by atoms with Gasteiger partial charge >= 0.3 is 5.76 Å². The van der Waals surface area contributed by atoms with Gasteiger partial charge in [-0.15, -0.1) is 16.4 Å². The predicted octanol–water partition coefficient (Wildman–Crippen LogP) is 3.36. The van der Waals surface area contributed by atoms with Crippen LogP contribution in [0, 0.1) is 0 Å². The van der Waals surface area contributed by atoms with Crippen molar-refractivity contribution in [3.63, 3.8) is 0 Å². The van der Waals surface area contributed by atoms with Crippen molar-refractivity contribution < 1.29 is 9.21 Å². The van der Waals surface area contributed by atoms with E-state index in [1.165, 1.54) is 11.3 Å². The molecule has 0 aliphatic rings. The number of nitrogens with one attached hydrogen (secondary N) is 1. The van der Waals surface area contributed by atoms with Gasteiger partial charge in [-0.3, -0.25) is 4.79 Å². The monoisotopic (exact) mass is 393 g/mol. The lowest BCUT2D eigenvalue weighted by atomic mass is 10.3. The van der Waals surface area contributed by atoms with Crippen molar-refractivity contribution in [1.29, 1.82) is 0 Å². The Balaban J connectivity index is 1.61. The zero-order valence-electron chi connectivity index (χ0n) is 11.9. The van der Waals surface area contributed by atoms with E-state index in [0.717, 1.165) is 14.0 Å². The topological polar surface area (TPSA) is 77.1 Å². The molecule has 1 amide bonds. The highest BCUT2D eigenvalue weighted by molar-refractivity contribution is 9.10. The summed E-state index contributed by atoms with van der Waals surface area (Å²) in [6.07, 6.45) is 0.131. The number of hydrogen-bond donors (Lipinski definition) is 1. The molecular weight excluding hydrogens is 382 g/mol. The zero-order chi connectivity index (χ0) is 16.2. The largest absolute Gasteiger partial charge is 0.437 e. The minimum Gasteiger partial charge on any atom is -0.387 e. The summed E-state index contributed by atoms with van der Waals surface area (Å²) in [5.74, 6) is -0.483. The number of amides is 1. The number of thiophene rings is 1. The third kappa shape index (κ3) is 3.96. The Kier molecular flexibility index (Phi) is 4.73. The molecule has 0 saturated heterocycles. The second kappa shape index (κ2) is 6.93. The molecule has 118 valence electrons. The Morgan fingerprint density at radius 2 is 2.09 bits per heavy atom. The molecule has 0 radical (unpaired) electrons. The van der Waals surface area contributed by atoms with E-state index in [0.29, 0.717) is 5.69 Å². The average molecular weight is 394 g/mol. The van der Waals surface area contributed by atoms with Crippen molar-refractivity contribution in [3.8, 4) is 10.8 Å². The minimum atomic E-state index is -0.565. The number of aromatic nitrogens is 2. The summed E-state index contributed by atoms with van der Waals surface area (Å²) in [6, 6.07) is 10.9. The first-order valence-electron chi connectivity index (χ1n) is 6.79. The van der Waals surface area contributed by atoms with Crippen LogP contribution in [0.1, 0.15) is 6.42 Å². The van der Waals surface area contributed by atoms with Crippen molar-refractivity contribution in [2.45, 2.75) is 13.0 Å². The van der Waals surface area contributed by atoms with Crippen LogP contribution >= 0.6 is 27.3 Å². The number of carbonyl (C=O) groups excluding carboxylic acids is 1. The van der Waals surface area contributed by atoms with Crippen molar-refractivity contribution >= 4 is 38.9 Å². The standard InChI is InChI=1S/C15H12BrN3O3S/c16-10-3-5-11(6-4-10)17-13(20)7-8-19-15(21)22-14(18-19)12-2-1-9-23-12/h1-6,9H,7-8H2,(H,17,20). The second-order valence-corrected chi connectivity index (χ2v) is 6.54. The highest BCUT2D eigenvalue weighted by Crippen LogP contribution is 2.21. The molecule has 6 nitrogen and oxygen atoms in total. The number of anilines is 1. The predicted molar refractivity (Wildman–Crippen MR) is 91.5 cm³/mol. The molecule has 0 saturated carbocycles. The molecule has 3 rings (SSSR count). The van der Waals surface area contributed by atoms with Gasteiger partial charge in [0.15, 0.2) is 0 Å². The third-order valence-corrected chi connectivity index (χ3v) is 4.40. The first-order chi connectivity index (χ1) is 11.1. The number of nitrogens with zero attached hydrogens (tertiary/aromatic N) is 2.